The van der Waals surface area contributed by atoms with Crippen molar-refractivity contribution in [3.63, 3.8) is 0 Å². The molecule has 1 fully saturated rings. The molecule has 24 heavy (non-hydrogen) atoms. The fourth-order valence-corrected chi connectivity index (χ4v) is 3.09. The summed E-state index contributed by atoms with van der Waals surface area (Å²) >= 11 is 2.34. The van der Waals surface area contributed by atoms with Crippen LogP contribution in [0.1, 0.15) is 20.8 Å². The second kappa shape index (κ2) is 9.77. The minimum absolute atomic E-state index is 0.174. The molecule has 0 radical (unpaired) electrons. The molecule has 1 rings (SSSR count). The van der Waals surface area contributed by atoms with Crippen LogP contribution >= 0.6 is 23.5 Å². The maximum Gasteiger partial charge on any atom is 0.407 e. The number of nitrogens with one attached hydrogen (secondary N) is 2. The third-order valence-corrected chi connectivity index (χ3v) is 4.46. The molecule has 2 N–H and O–H groups in total. The van der Waals surface area contributed by atoms with E-state index in [2.05, 4.69) is 10.6 Å². The van der Waals surface area contributed by atoms with E-state index < -0.39 is 11.7 Å². The van der Waals surface area contributed by atoms with E-state index in [1.165, 1.54) is 11.8 Å². The van der Waals surface area contributed by atoms with Crippen LogP contribution in [0, 0.1) is 0 Å². The molecule has 0 aromatic heterocycles. The van der Waals surface area contributed by atoms with Crippen molar-refractivity contribution in [3.05, 3.63) is 0 Å². The number of nitrogens with zero attached hydrogens (tertiary/aromatic N) is 1. The fourth-order valence-electron chi connectivity index (χ4n) is 1.66. The lowest BCUT2D eigenvalue weighted by Gasteiger charge is -2.19. The number of ether oxygens (including phenoxy) is 1. The zero-order chi connectivity index (χ0) is 18.2. The van der Waals surface area contributed by atoms with Crippen molar-refractivity contribution in [2.24, 2.45) is 0 Å². The van der Waals surface area contributed by atoms with Crippen molar-refractivity contribution in [2.45, 2.75) is 26.4 Å². The van der Waals surface area contributed by atoms with Crippen LogP contribution in [0.2, 0.25) is 0 Å². The summed E-state index contributed by atoms with van der Waals surface area (Å²) in [5.41, 5.74) is -0.534. The summed E-state index contributed by atoms with van der Waals surface area (Å²) in [4.78, 5) is 46.9. The maximum absolute atomic E-state index is 11.6. The van der Waals surface area contributed by atoms with Gasteiger partial charge in [0.15, 0.2) is 0 Å². The van der Waals surface area contributed by atoms with Gasteiger partial charge in [-0.2, -0.15) is 11.8 Å². The number of hydrogen-bond donors (Lipinski definition) is 2. The highest BCUT2D eigenvalue weighted by molar-refractivity contribution is 8.14. The maximum atomic E-state index is 11.6. The Morgan fingerprint density at radius 3 is 2.54 bits per heavy atom. The standard InChI is InChI=1S/C14H23N3O5S2/c1-14(2,3)22-12(20)16-5-7-23-8-10(18)15-4-6-17-11(19)9-24-13(17)21/h4-9H2,1-3H3,(H,15,18)(H,16,20). The van der Waals surface area contributed by atoms with E-state index >= 15 is 0 Å². The average Bonchev–Trinajstić information content (AvgIpc) is 2.76. The Bertz CT molecular complexity index is 477. The zero-order valence-corrected chi connectivity index (χ0v) is 15.7. The molecular weight excluding hydrogens is 354 g/mol. The highest BCUT2D eigenvalue weighted by atomic mass is 32.2. The second-order valence-electron chi connectivity index (χ2n) is 5.93. The van der Waals surface area contributed by atoms with E-state index in [9.17, 15) is 19.2 Å². The minimum Gasteiger partial charge on any atom is -0.444 e. The van der Waals surface area contributed by atoms with Crippen LogP contribution in [0.3, 0.4) is 0 Å². The van der Waals surface area contributed by atoms with Crippen molar-refractivity contribution in [1.29, 1.82) is 0 Å². The molecule has 136 valence electrons. The number of amides is 4. The van der Waals surface area contributed by atoms with Crippen molar-refractivity contribution < 1.29 is 23.9 Å². The topological polar surface area (TPSA) is 105 Å². The molecule has 1 heterocycles. The number of rotatable bonds is 8. The molecule has 1 saturated heterocycles. The number of alkyl carbamates (subject to hydrolysis) is 1. The second-order valence-corrected chi connectivity index (χ2v) is 7.96. The summed E-state index contributed by atoms with van der Waals surface area (Å²) in [5.74, 6) is 0.595. The number of thioether (sulfide) groups is 2. The van der Waals surface area contributed by atoms with Crippen LogP contribution < -0.4 is 10.6 Å². The lowest BCUT2D eigenvalue weighted by molar-refractivity contribution is -0.125. The van der Waals surface area contributed by atoms with E-state index in [1.54, 1.807) is 20.8 Å². The lowest BCUT2D eigenvalue weighted by Crippen LogP contribution is -2.38. The molecule has 0 unspecified atom stereocenters. The molecule has 0 aromatic carbocycles. The van der Waals surface area contributed by atoms with Gasteiger partial charge in [0.2, 0.25) is 11.8 Å². The Balaban J connectivity index is 2.03. The first-order chi connectivity index (χ1) is 11.2. The Morgan fingerprint density at radius 2 is 1.96 bits per heavy atom. The van der Waals surface area contributed by atoms with Crippen LogP contribution in [0.25, 0.3) is 0 Å². The van der Waals surface area contributed by atoms with Crippen LogP contribution in [0.4, 0.5) is 9.59 Å². The Hall–Kier alpha value is -1.42. The fraction of sp³-hybridized carbons (Fsp3) is 0.714. The first-order valence-corrected chi connectivity index (χ1v) is 9.61. The molecule has 0 spiro atoms. The minimum atomic E-state index is -0.534. The van der Waals surface area contributed by atoms with Gasteiger partial charge in [-0.1, -0.05) is 11.8 Å². The summed E-state index contributed by atoms with van der Waals surface area (Å²) in [6.07, 6.45) is -0.481. The summed E-state index contributed by atoms with van der Waals surface area (Å²) in [6, 6.07) is 0. The Morgan fingerprint density at radius 1 is 1.25 bits per heavy atom. The van der Waals surface area contributed by atoms with E-state index in [0.717, 1.165) is 16.7 Å². The predicted octanol–water partition coefficient (Wildman–Crippen LogP) is 1.06. The van der Waals surface area contributed by atoms with E-state index in [1.807, 2.05) is 0 Å². The lowest BCUT2D eigenvalue weighted by atomic mass is 10.2. The van der Waals surface area contributed by atoms with Crippen molar-refractivity contribution in [1.82, 2.24) is 15.5 Å². The monoisotopic (exact) mass is 377 g/mol. The molecule has 4 amide bonds. The Kier molecular flexibility index (Phi) is 8.40. The third-order valence-electron chi connectivity index (χ3n) is 2.65. The van der Waals surface area contributed by atoms with Gasteiger partial charge in [0, 0.05) is 25.4 Å². The van der Waals surface area contributed by atoms with Crippen molar-refractivity contribution in [2.75, 3.05) is 36.9 Å². The quantitative estimate of drug-likeness (QED) is 0.609. The van der Waals surface area contributed by atoms with Crippen LogP contribution in [0.5, 0.6) is 0 Å². The molecule has 8 nitrogen and oxygen atoms in total. The molecule has 0 saturated carbocycles. The van der Waals surface area contributed by atoms with Crippen LogP contribution in [-0.2, 0) is 14.3 Å². The van der Waals surface area contributed by atoms with Gasteiger partial charge in [0.1, 0.15) is 5.60 Å². The molecule has 1 aliphatic rings. The number of carbonyl (C=O) groups is 4. The van der Waals surface area contributed by atoms with E-state index in [4.69, 9.17) is 4.74 Å². The highest BCUT2D eigenvalue weighted by Gasteiger charge is 2.29. The molecule has 0 atom stereocenters. The van der Waals surface area contributed by atoms with Gasteiger partial charge in [-0.05, 0) is 20.8 Å². The van der Waals surface area contributed by atoms with E-state index in [0.29, 0.717) is 12.3 Å². The van der Waals surface area contributed by atoms with Crippen molar-refractivity contribution >= 4 is 46.7 Å². The van der Waals surface area contributed by atoms with Crippen LogP contribution in [-0.4, -0.2) is 70.5 Å². The molecule has 0 aromatic rings. The molecule has 1 aliphatic heterocycles. The molecular formula is C14H23N3O5S2. The van der Waals surface area contributed by atoms with Gasteiger partial charge in [-0.25, -0.2) is 4.79 Å². The summed E-state index contributed by atoms with van der Waals surface area (Å²) in [6.45, 7) is 6.20. The Labute approximate surface area is 149 Å². The summed E-state index contributed by atoms with van der Waals surface area (Å²) in [7, 11) is 0. The van der Waals surface area contributed by atoms with Crippen molar-refractivity contribution in [3.8, 4) is 0 Å². The van der Waals surface area contributed by atoms with Gasteiger partial charge in [-0.3, -0.25) is 19.3 Å². The normalized spacial score (nSPS) is 14.7. The van der Waals surface area contributed by atoms with Gasteiger partial charge >= 0.3 is 6.09 Å². The smallest absolute Gasteiger partial charge is 0.407 e. The van der Waals surface area contributed by atoms with Crippen LogP contribution in [0.15, 0.2) is 0 Å². The molecule has 10 heteroatoms. The van der Waals surface area contributed by atoms with Gasteiger partial charge < -0.3 is 15.4 Å². The SMILES string of the molecule is CC(C)(C)OC(=O)NCCSCC(=O)NCCN1C(=O)CSC1=O. The first-order valence-electron chi connectivity index (χ1n) is 7.47. The van der Waals surface area contributed by atoms with Gasteiger partial charge in [-0.15, -0.1) is 0 Å². The highest BCUT2D eigenvalue weighted by Crippen LogP contribution is 2.17. The predicted molar refractivity (Wildman–Crippen MR) is 94.1 cm³/mol. The summed E-state index contributed by atoms with van der Waals surface area (Å²) in [5, 5.41) is 4.99. The average molecular weight is 377 g/mol. The number of hydrogen-bond acceptors (Lipinski definition) is 7. The largest absolute Gasteiger partial charge is 0.444 e. The molecule has 0 bridgehead atoms. The third kappa shape index (κ3) is 8.44. The number of imide groups is 1. The summed E-state index contributed by atoms with van der Waals surface area (Å²) < 4.78 is 5.08. The van der Waals surface area contributed by atoms with Gasteiger partial charge in [0.25, 0.3) is 5.24 Å². The zero-order valence-electron chi connectivity index (χ0n) is 14.0. The van der Waals surface area contributed by atoms with E-state index in [-0.39, 0.29) is 41.6 Å². The number of carbonyl (C=O) groups excluding carboxylic acids is 4. The van der Waals surface area contributed by atoms with Gasteiger partial charge in [0.05, 0.1) is 11.5 Å². The molecule has 0 aliphatic carbocycles. The first kappa shape index (κ1) is 20.6.